The first-order chi connectivity index (χ1) is 8.25. The van der Waals surface area contributed by atoms with E-state index in [1.807, 2.05) is 0 Å². The first-order valence-corrected chi connectivity index (χ1v) is 7.01. The van der Waals surface area contributed by atoms with Crippen LogP contribution in [0.5, 0.6) is 0 Å². The van der Waals surface area contributed by atoms with Gasteiger partial charge in [0.2, 0.25) is 0 Å². The summed E-state index contributed by atoms with van der Waals surface area (Å²) in [6.45, 7) is 11.1. The average Bonchev–Trinajstić information content (AvgIpc) is 2.65. The van der Waals surface area contributed by atoms with Crippen LogP contribution in [0.2, 0.25) is 0 Å². The fourth-order valence-corrected chi connectivity index (χ4v) is 2.91. The molecule has 4 nitrogen and oxygen atoms in total. The maximum atomic E-state index is 5.33. The van der Waals surface area contributed by atoms with E-state index in [0.717, 1.165) is 50.9 Å². The van der Waals surface area contributed by atoms with Gasteiger partial charge in [-0.15, -0.1) is 11.3 Å². The Balaban J connectivity index is 1.64. The van der Waals surface area contributed by atoms with Gasteiger partial charge in [-0.1, -0.05) is 0 Å². The van der Waals surface area contributed by atoms with Gasteiger partial charge in [-0.2, -0.15) is 0 Å². The van der Waals surface area contributed by atoms with E-state index in [1.165, 1.54) is 10.6 Å². The molecule has 96 valence electrons. The van der Waals surface area contributed by atoms with Crippen LogP contribution in [0.4, 0.5) is 0 Å². The quantitative estimate of drug-likeness (QED) is 0.802. The minimum Gasteiger partial charge on any atom is -0.379 e. The van der Waals surface area contributed by atoms with Crippen molar-refractivity contribution in [1.82, 2.24) is 15.2 Å². The maximum Gasteiger partial charge on any atom is 0.0900 e. The zero-order valence-corrected chi connectivity index (χ0v) is 11.5. The molecular formula is C12H21N3OS. The largest absolute Gasteiger partial charge is 0.379 e. The van der Waals surface area contributed by atoms with Crippen LogP contribution in [0.3, 0.4) is 0 Å². The van der Waals surface area contributed by atoms with Crippen molar-refractivity contribution in [3.05, 3.63) is 15.6 Å². The Bertz CT molecular complexity index is 348. The molecule has 0 saturated carbocycles. The monoisotopic (exact) mass is 255 g/mol. The Kier molecular flexibility index (Phi) is 4.91. The summed E-state index contributed by atoms with van der Waals surface area (Å²) in [7, 11) is 0. The number of morpholine rings is 1. The summed E-state index contributed by atoms with van der Waals surface area (Å²) in [6, 6.07) is 0. The van der Waals surface area contributed by atoms with Gasteiger partial charge in [-0.25, -0.2) is 4.98 Å². The highest BCUT2D eigenvalue weighted by Crippen LogP contribution is 2.16. The van der Waals surface area contributed by atoms with Gasteiger partial charge in [0.25, 0.3) is 0 Å². The van der Waals surface area contributed by atoms with E-state index in [-0.39, 0.29) is 0 Å². The highest BCUT2D eigenvalue weighted by molar-refractivity contribution is 7.11. The smallest absolute Gasteiger partial charge is 0.0900 e. The van der Waals surface area contributed by atoms with E-state index in [4.69, 9.17) is 4.74 Å². The second-order valence-electron chi connectivity index (χ2n) is 4.37. The van der Waals surface area contributed by atoms with E-state index in [0.29, 0.717) is 0 Å². The second-order valence-corrected chi connectivity index (χ2v) is 5.66. The first-order valence-electron chi connectivity index (χ1n) is 6.19. The first kappa shape index (κ1) is 13.0. The summed E-state index contributed by atoms with van der Waals surface area (Å²) in [6.07, 6.45) is 0. The number of aryl methyl sites for hydroxylation is 2. The number of nitrogens with one attached hydrogen (secondary N) is 1. The van der Waals surface area contributed by atoms with Crippen molar-refractivity contribution in [3.8, 4) is 0 Å². The Morgan fingerprint density at radius 3 is 2.76 bits per heavy atom. The van der Waals surface area contributed by atoms with Crippen molar-refractivity contribution in [2.45, 2.75) is 20.4 Å². The van der Waals surface area contributed by atoms with Gasteiger partial charge in [0.15, 0.2) is 0 Å². The molecule has 0 radical (unpaired) electrons. The van der Waals surface area contributed by atoms with Crippen LogP contribution in [0, 0.1) is 13.8 Å². The molecule has 1 N–H and O–H groups in total. The van der Waals surface area contributed by atoms with Crippen LogP contribution in [-0.4, -0.2) is 49.3 Å². The van der Waals surface area contributed by atoms with Crippen LogP contribution in [0.15, 0.2) is 0 Å². The number of hydrogen-bond acceptors (Lipinski definition) is 5. The zero-order valence-electron chi connectivity index (χ0n) is 10.7. The average molecular weight is 255 g/mol. The van der Waals surface area contributed by atoms with Crippen molar-refractivity contribution in [2.75, 3.05) is 39.4 Å². The summed E-state index contributed by atoms with van der Waals surface area (Å²) < 4.78 is 5.33. The molecule has 1 aliphatic rings. The van der Waals surface area contributed by atoms with Crippen molar-refractivity contribution in [1.29, 1.82) is 0 Å². The molecule has 1 aromatic rings. The standard InChI is InChI=1S/C12H21N3OS/c1-10-12(17-11(2)14-10)9-13-3-4-15-5-7-16-8-6-15/h13H,3-9H2,1-2H3. The van der Waals surface area contributed by atoms with E-state index in [2.05, 4.69) is 29.0 Å². The number of aromatic nitrogens is 1. The third kappa shape index (κ3) is 4.03. The van der Waals surface area contributed by atoms with Gasteiger partial charge < -0.3 is 10.1 Å². The van der Waals surface area contributed by atoms with Gasteiger partial charge in [0.05, 0.1) is 23.9 Å². The van der Waals surface area contributed by atoms with Crippen molar-refractivity contribution < 1.29 is 4.74 Å². The van der Waals surface area contributed by atoms with Crippen molar-refractivity contribution in [2.24, 2.45) is 0 Å². The Morgan fingerprint density at radius 2 is 2.12 bits per heavy atom. The Morgan fingerprint density at radius 1 is 1.35 bits per heavy atom. The van der Waals surface area contributed by atoms with Gasteiger partial charge in [-0.05, 0) is 13.8 Å². The molecule has 0 amide bonds. The molecule has 0 spiro atoms. The SMILES string of the molecule is Cc1nc(C)c(CNCCN2CCOCC2)s1. The summed E-state index contributed by atoms with van der Waals surface area (Å²) in [5, 5.41) is 4.65. The topological polar surface area (TPSA) is 37.4 Å². The van der Waals surface area contributed by atoms with Crippen LogP contribution in [0.1, 0.15) is 15.6 Å². The molecule has 1 aliphatic heterocycles. The molecule has 1 saturated heterocycles. The highest BCUT2D eigenvalue weighted by Gasteiger charge is 2.09. The molecule has 0 atom stereocenters. The minimum atomic E-state index is 0.882. The maximum absolute atomic E-state index is 5.33. The van der Waals surface area contributed by atoms with Crippen LogP contribution < -0.4 is 5.32 Å². The summed E-state index contributed by atoms with van der Waals surface area (Å²) in [5.74, 6) is 0. The Hall–Kier alpha value is -0.490. The molecule has 5 heteroatoms. The Labute approximate surface area is 107 Å². The second kappa shape index (κ2) is 6.44. The molecule has 0 aromatic carbocycles. The van der Waals surface area contributed by atoms with Crippen molar-refractivity contribution in [3.63, 3.8) is 0 Å². The number of thiazole rings is 1. The molecule has 2 heterocycles. The zero-order chi connectivity index (χ0) is 12.1. The lowest BCUT2D eigenvalue weighted by molar-refractivity contribution is 0.0384. The fraction of sp³-hybridized carbons (Fsp3) is 0.750. The molecule has 0 unspecified atom stereocenters. The third-order valence-electron chi connectivity index (χ3n) is 2.99. The van der Waals surface area contributed by atoms with Crippen molar-refractivity contribution >= 4 is 11.3 Å². The molecule has 0 bridgehead atoms. The van der Waals surface area contributed by atoms with E-state index >= 15 is 0 Å². The lowest BCUT2D eigenvalue weighted by Crippen LogP contribution is -2.40. The van der Waals surface area contributed by atoms with Gasteiger partial charge in [0.1, 0.15) is 0 Å². The third-order valence-corrected chi connectivity index (χ3v) is 4.07. The predicted molar refractivity (Wildman–Crippen MR) is 70.6 cm³/mol. The molecule has 1 fully saturated rings. The predicted octanol–water partition coefficient (Wildman–Crippen LogP) is 1.18. The van der Waals surface area contributed by atoms with Crippen LogP contribution in [0.25, 0.3) is 0 Å². The molecule has 0 aliphatic carbocycles. The lowest BCUT2D eigenvalue weighted by Gasteiger charge is -2.26. The molecule has 2 rings (SSSR count). The number of rotatable bonds is 5. The van der Waals surface area contributed by atoms with E-state index in [9.17, 15) is 0 Å². The van der Waals surface area contributed by atoms with Gasteiger partial charge >= 0.3 is 0 Å². The number of nitrogens with zero attached hydrogens (tertiary/aromatic N) is 2. The normalized spacial score (nSPS) is 17.5. The van der Waals surface area contributed by atoms with E-state index in [1.54, 1.807) is 11.3 Å². The minimum absolute atomic E-state index is 0.882. The highest BCUT2D eigenvalue weighted by atomic mass is 32.1. The number of hydrogen-bond donors (Lipinski definition) is 1. The lowest BCUT2D eigenvalue weighted by atomic mass is 10.3. The summed E-state index contributed by atoms with van der Waals surface area (Å²) >= 11 is 1.79. The fourth-order valence-electron chi connectivity index (χ4n) is 2.00. The summed E-state index contributed by atoms with van der Waals surface area (Å²) in [4.78, 5) is 8.24. The van der Waals surface area contributed by atoms with Crippen LogP contribution in [-0.2, 0) is 11.3 Å². The number of ether oxygens (including phenoxy) is 1. The molecule has 17 heavy (non-hydrogen) atoms. The van der Waals surface area contributed by atoms with Gasteiger partial charge in [-0.3, -0.25) is 4.90 Å². The summed E-state index contributed by atoms with van der Waals surface area (Å²) in [5.41, 5.74) is 1.17. The van der Waals surface area contributed by atoms with E-state index < -0.39 is 0 Å². The molecular weight excluding hydrogens is 234 g/mol. The van der Waals surface area contributed by atoms with Crippen LogP contribution >= 0.6 is 11.3 Å². The molecule has 1 aromatic heterocycles. The van der Waals surface area contributed by atoms with Gasteiger partial charge in [0, 0.05) is 37.6 Å².